The van der Waals surface area contributed by atoms with Crippen LogP contribution in [-0.4, -0.2) is 45.2 Å². The number of halogens is 8. The van der Waals surface area contributed by atoms with Gasteiger partial charge in [-0.15, -0.1) is 0 Å². The minimum atomic E-state index is -5.28. The van der Waals surface area contributed by atoms with Gasteiger partial charge in [-0.2, -0.15) is 13.2 Å². The number of carbonyl (C=O) groups excluding carboxylic acids is 2. The monoisotopic (exact) mass is 503 g/mol. The Balaban J connectivity index is 2.93. The average molecular weight is 504 g/mol. The molecule has 0 aromatic heterocycles. The molecule has 0 bridgehead atoms. The third-order valence-electron chi connectivity index (χ3n) is 4.74. The number of rotatable bonds is 7. The van der Waals surface area contributed by atoms with E-state index in [2.05, 4.69) is 14.8 Å². The topological polar surface area (TPSA) is 64.6 Å². The van der Waals surface area contributed by atoms with Crippen molar-refractivity contribution in [1.29, 1.82) is 0 Å². The molecule has 0 fully saturated rings. The number of dihydropyridines is 1. The van der Waals surface area contributed by atoms with Crippen LogP contribution in [0.2, 0.25) is 5.02 Å². The number of allylic oxidation sites excluding steroid dienone is 2. The summed E-state index contributed by atoms with van der Waals surface area (Å²) >= 11 is 5.69. The number of methoxy groups -OCH3 is 1. The zero-order valence-corrected chi connectivity index (χ0v) is 17.8. The number of carbonyl (C=O) groups is 2. The van der Waals surface area contributed by atoms with Crippen molar-refractivity contribution in [2.24, 2.45) is 0 Å². The predicted octanol–water partition coefficient (Wildman–Crippen LogP) is 4.71. The molecule has 2 rings (SSSR count). The molecule has 1 aliphatic heterocycles. The van der Waals surface area contributed by atoms with E-state index >= 15 is 0 Å². The number of nitrogens with one attached hydrogen (secondary N) is 1. The summed E-state index contributed by atoms with van der Waals surface area (Å²) in [5, 5.41) is 1.35. The Morgan fingerprint density at radius 3 is 2.21 bits per heavy atom. The maximum Gasteiger partial charge on any atom is 0.418 e. The van der Waals surface area contributed by atoms with Gasteiger partial charge in [-0.3, -0.25) is 0 Å². The number of ether oxygens (including phenoxy) is 2. The van der Waals surface area contributed by atoms with Gasteiger partial charge in [-0.25, -0.2) is 27.2 Å². The normalized spacial score (nSPS) is 16.8. The first kappa shape index (κ1) is 26.5. The number of hydrogen-bond donors (Lipinski definition) is 1. The minimum Gasteiger partial charge on any atom is -0.466 e. The van der Waals surface area contributed by atoms with Crippen LogP contribution in [0.3, 0.4) is 0 Å². The highest BCUT2D eigenvalue weighted by molar-refractivity contribution is 6.31. The molecule has 0 saturated heterocycles. The molecule has 13 heteroatoms. The molecule has 0 spiro atoms. The van der Waals surface area contributed by atoms with Gasteiger partial charge < -0.3 is 14.8 Å². The van der Waals surface area contributed by atoms with Crippen LogP contribution >= 0.6 is 11.6 Å². The summed E-state index contributed by atoms with van der Waals surface area (Å²) < 4.78 is 105. The minimum absolute atomic E-state index is 0.339. The molecule has 0 saturated carbocycles. The van der Waals surface area contributed by atoms with Gasteiger partial charge in [0.15, 0.2) is 6.10 Å². The molecule has 0 radical (unpaired) electrons. The van der Waals surface area contributed by atoms with Crippen molar-refractivity contribution < 1.29 is 49.8 Å². The van der Waals surface area contributed by atoms with E-state index in [-0.39, 0.29) is 5.70 Å². The number of benzene rings is 1. The lowest BCUT2D eigenvalue weighted by Gasteiger charge is -2.32. The molecule has 1 aromatic rings. The van der Waals surface area contributed by atoms with E-state index in [9.17, 15) is 40.3 Å². The Labute approximate surface area is 188 Å². The summed E-state index contributed by atoms with van der Waals surface area (Å²) in [4.78, 5) is 25.2. The van der Waals surface area contributed by atoms with Crippen molar-refractivity contribution in [2.45, 2.75) is 25.1 Å². The van der Waals surface area contributed by atoms with Crippen molar-refractivity contribution in [3.05, 3.63) is 56.6 Å². The predicted molar refractivity (Wildman–Crippen MR) is 102 cm³/mol. The molecular weight excluding hydrogens is 487 g/mol. The SMILES string of the molecule is COC(=O)C1=C(CF)NC(C)=C(C(=O)OC(CF)CF)C1c1c(F)ccc(Cl)c1C(F)(F)F. The Kier molecular flexibility index (Phi) is 8.39. The first-order valence-corrected chi connectivity index (χ1v) is 9.53. The van der Waals surface area contributed by atoms with E-state index in [1.54, 1.807) is 0 Å². The Morgan fingerprint density at radius 2 is 1.73 bits per heavy atom. The summed E-state index contributed by atoms with van der Waals surface area (Å²) in [7, 11) is 0.826. The standard InChI is InChI=1S/C20H17ClF7NO4/c1-8-13(19(31)33-9(5-22)6-23)16(15(18(30)32-2)12(7-24)29-8)14-11(25)4-3-10(21)17(14)20(26,27)28/h3-4,9,16,29H,5-7H2,1-2H3. The third-order valence-corrected chi connectivity index (χ3v) is 5.05. The molecule has 0 aliphatic carbocycles. The fourth-order valence-corrected chi connectivity index (χ4v) is 3.64. The number of alkyl halides is 6. The summed E-state index contributed by atoms with van der Waals surface area (Å²) in [6, 6.07) is 1.17. The average Bonchev–Trinajstić information content (AvgIpc) is 2.76. The zero-order valence-electron chi connectivity index (χ0n) is 17.1. The molecule has 0 amide bonds. The van der Waals surface area contributed by atoms with E-state index in [0.717, 1.165) is 14.0 Å². The second kappa shape index (κ2) is 10.4. The molecule has 33 heavy (non-hydrogen) atoms. The molecule has 1 atom stereocenters. The third kappa shape index (κ3) is 5.26. The van der Waals surface area contributed by atoms with Gasteiger partial charge in [0.25, 0.3) is 0 Å². The van der Waals surface area contributed by atoms with Gasteiger partial charge in [-0.1, -0.05) is 11.6 Å². The van der Waals surface area contributed by atoms with E-state index in [0.29, 0.717) is 12.1 Å². The Bertz CT molecular complexity index is 1000. The van der Waals surface area contributed by atoms with Crippen LogP contribution < -0.4 is 5.32 Å². The summed E-state index contributed by atoms with van der Waals surface area (Å²) in [5.74, 6) is -6.72. The summed E-state index contributed by atoms with van der Waals surface area (Å²) in [6.45, 7) is -3.28. The van der Waals surface area contributed by atoms with Crippen LogP contribution in [0.1, 0.15) is 24.0 Å². The zero-order chi connectivity index (χ0) is 25.1. The maximum atomic E-state index is 14.9. The van der Waals surface area contributed by atoms with Gasteiger partial charge in [0.05, 0.1) is 40.5 Å². The lowest BCUT2D eigenvalue weighted by Crippen LogP contribution is -2.36. The van der Waals surface area contributed by atoms with Crippen LogP contribution in [0.15, 0.2) is 34.7 Å². The number of hydrogen-bond acceptors (Lipinski definition) is 5. The van der Waals surface area contributed by atoms with E-state index in [4.69, 9.17) is 11.6 Å². The fraction of sp³-hybridized carbons (Fsp3) is 0.400. The highest BCUT2D eigenvalue weighted by atomic mass is 35.5. The van der Waals surface area contributed by atoms with E-state index in [1.807, 2.05) is 0 Å². The van der Waals surface area contributed by atoms with Crippen molar-refractivity contribution >= 4 is 23.5 Å². The number of esters is 2. The van der Waals surface area contributed by atoms with Crippen LogP contribution in [0.5, 0.6) is 0 Å². The summed E-state index contributed by atoms with van der Waals surface area (Å²) in [6.07, 6.45) is -7.20. The van der Waals surface area contributed by atoms with E-state index in [1.165, 1.54) is 0 Å². The quantitative estimate of drug-likeness (QED) is 0.431. The highest BCUT2D eigenvalue weighted by Gasteiger charge is 2.46. The largest absolute Gasteiger partial charge is 0.466 e. The van der Waals surface area contributed by atoms with Crippen molar-refractivity contribution in [1.82, 2.24) is 5.32 Å². The first-order chi connectivity index (χ1) is 15.4. The molecule has 182 valence electrons. The Hall–Kier alpha value is -2.76. The van der Waals surface area contributed by atoms with Crippen LogP contribution in [0, 0.1) is 5.82 Å². The second-order valence-corrected chi connectivity index (χ2v) is 7.17. The lowest BCUT2D eigenvalue weighted by atomic mass is 9.78. The molecule has 1 unspecified atom stereocenters. The van der Waals surface area contributed by atoms with E-state index < -0.39 is 89.0 Å². The molecule has 5 nitrogen and oxygen atoms in total. The maximum absolute atomic E-state index is 14.9. The molecule has 1 aliphatic rings. The van der Waals surface area contributed by atoms with Crippen LogP contribution in [-0.2, 0) is 25.2 Å². The lowest BCUT2D eigenvalue weighted by molar-refractivity contribution is -0.147. The van der Waals surface area contributed by atoms with Gasteiger partial charge in [0.2, 0.25) is 0 Å². The highest BCUT2D eigenvalue weighted by Crippen LogP contribution is 2.47. The smallest absolute Gasteiger partial charge is 0.418 e. The van der Waals surface area contributed by atoms with Crippen LogP contribution in [0.25, 0.3) is 0 Å². The van der Waals surface area contributed by atoms with Crippen molar-refractivity contribution in [3.8, 4) is 0 Å². The van der Waals surface area contributed by atoms with Gasteiger partial charge in [0, 0.05) is 11.3 Å². The van der Waals surface area contributed by atoms with Crippen LogP contribution in [0.4, 0.5) is 30.7 Å². The fourth-order valence-electron chi connectivity index (χ4n) is 3.37. The van der Waals surface area contributed by atoms with Gasteiger partial charge in [-0.05, 0) is 19.1 Å². The molecule has 1 N–H and O–H groups in total. The van der Waals surface area contributed by atoms with Crippen molar-refractivity contribution in [2.75, 3.05) is 27.1 Å². The van der Waals surface area contributed by atoms with Gasteiger partial charge in [0.1, 0.15) is 25.8 Å². The van der Waals surface area contributed by atoms with Crippen molar-refractivity contribution in [3.63, 3.8) is 0 Å². The molecule has 1 aromatic carbocycles. The molecular formula is C20H17ClF7NO4. The molecule has 1 heterocycles. The van der Waals surface area contributed by atoms with Gasteiger partial charge >= 0.3 is 18.1 Å². The summed E-state index contributed by atoms with van der Waals surface area (Å²) in [5.41, 5.74) is -5.66. The Morgan fingerprint density at radius 1 is 1.12 bits per heavy atom. The first-order valence-electron chi connectivity index (χ1n) is 9.15. The second-order valence-electron chi connectivity index (χ2n) is 6.77.